The summed E-state index contributed by atoms with van der Waals surface area (Å²) in [6.07, 6.45) is 0. The highest BCUT2D eigenvalue weighted by Gasteiger charge is 2.14. The third-order valence-electron chi connectivity index (χ3n) is 3.57. The molecule has 144 valence electrons. The number of amides is 1. The van der Waals surface area contributed by atoms with Crippen molar-refractivity contribution >= 4 is 17.6 Å². The van der Waals surface area contributed by atoms with Gasteiger partial charge in [-0.15, -0.1) is 0 Å². The van der Waals surface area contributed by atoms with E-state index in [2.05, 4.69) is 10.3 Å². The van der Waals surface area contributed by atoms with Crippen LogP contribution in [-0.2, 0) is 0 Å². The Morgan fingerprint density at radius 1 is 1.04 bits per heavy atom. The third kappa shape index (κ3) is 5.04. The van der Waals surface area contributed by atoms with E-state index >= 15 is 0 Å². The van der Waals surface area contributed by atoms with Crippen LogP contribution in [0, 0.1) is 0 Å². The van der Waals surface area contributed by atoms with Crippen LogP contribution in [0.4, 0.5) is 5.69 Å². The molecule has 0 bridgehead atoms. The first-order valence-electron chi connectivity index (χ1n) is 8.20. The van der Waals surface area contributed by atoms with E-state index in [9.17, 15) is 4.79 Å². The number of nitrogens with zero attached hydrogens (tertiary/aromatic N) is 1. The Labute approximate surface area is 157 Å². The lowest BCUT2D eigenvalue weighted by atomic mass is 10.2. The van der Waals surface area contributed by atoms with Crippen molar-refractivity contribution in [3.63, 3.8) is 0 Å². The van der Waals surface area contributed by atoms with Crippen molar-refractivity contribution in [2.45, 2.75) is 6.92 Å². The van der Waals surface area contributed by atoms with Gasteiger partial charge >= 0.3 is 0 Å². The van der Waals surface area contributed by atoms with Crippen LogP contribution in [0.2, 0.25) is 0 Å². The van der Waals surface area contributed by atoms with Gasteiger partial charge in [-0.2, -0.15) is 0 Å². The largest absolute Gasteiger partial charge is 0.494 e. The number of carbonyl (C=O) groups excluding carboxylic acids is 1. The van der Waals surface area contributed by atoms with Gasteiger partial charge in [-0.3, -0.25) is 10.1 Å². The SMILES string of the molecule is CCOc1ccc(C(=O)NC(N)=Nc2cc(OC)c(OC)c(OC)c2)cc1. The Kier molecular flexibility index (Phi) is 6.87. The van der Waals surface area contributed by atoms with Crippen molar-refractivity contribution in [1.82, 2.24) is 5.32 Å². The Bertz CT molecular complexity index is 794. The molecule has 0 spiro atoms. The Balaban J connectivity index is 2.18. The van der Waals surface area contributed by atoms with Gasteiger partial charge in [-0.25, -0.2) is 4.99 Å². The first kappa shape index (κ1) is 19.9. The minimum Gasteiger partial charge on any atom is -0.494 e. The molecular formula is C19H23N3O5. The van der Waals surface area contributed by atoms with Gasteiger partial charge in [0.15, 0.2) is 11.5 Å². The smallest absolute Gasteiger partial charge is 0.257 e. The quantitative estimate of drug-likeness (QED) is 0.571. The van der Waals surface area contributed by atoms with Crippen LogP contribution in [0.1, 0.15) is 17.3 Å². The van der Waals surface area contributed by atoms with Gasteiger partial charge in [-0.05, 0) is 31.2 Å². The summed E-state index contributed by atoms with van der Waals surface area (Å²) in [5.74, 6) is 1.54. The highest BCUT2D eigenvalue weighted by Crippen LogP contribution is 2.40. The molecule has 0 aromatic heterocycles. The average Bonchev–Trinajstić information content (AvgIpc) is 2.67. The van der Waals surface area contributed by atoms with E-state index in [-0.39, 0.29) is 11.9 Å². The van der Waals surface area contributed by atoms with Gasteiger partial charge in [0.1, 0.15) is 5.75 Å². The number of benzene rings is 2. The van der Waals surface area contributed by atoms with Crippen molar-refractivity contribution < 1.29 is 23.7 Å². The molecule has 0 saturated heterocycles. The molecule has 0 saturated carbocycles. The van der Waals surface area contributed by atoms with E-state index in [1.54, 1.807) is 36.4 Å². The van der Waals surface area contributed by atoms with E-state index in [1.807, 2.05) is 6.92 Å². The number of nitrogens with two attached hydrogens (primary N) is 1. The van der Waals surface area contributed by atoms with E-state index in [0.717, 1.165) is 0 Å². The zero-order chi connectivity index (χ0) is 19.8. The molecule has 0 unspecified atom stereocenters. The molecule has 2 aromatic carbocycles. The van der Waals surface area contributed by atoms with Crippen molar-refractivity contribution in [2.75, 3.05) is 27.9 Å². The van der Waals surface area contributed by atoms with Crippen molar-refractivity contribution in [3.05, 3.63) is 42.0 Å². The molecule has 0 aliphatic heterocycles. The maximum absolute atomic E-state index is 12.3. The fraction of sp³-hybridized carbons (Fsp3) is 0.263. The fourth-order valence-corrected chi connectivity index (χ4v) is 2.36. The summed E-state index contributed by atoms with van der Waals surface area (Å²) in [5, 5.41) is 2.53. The molecule has 0 fully saturated rings. The highest BCUT2D eigenvalue weighted by molar-refractivity contribution is 6.05. The molecule has 0 atom stereocenters. The molecule has 1 amide bonds. The van der Waals surface area contributed by atoms with E-state index in [4.69, 9.17) is 24.7 Å². The van der Waals surface area contributed by atoms with Gasteiger partial charge in [0, 0.05) is 17.7 Å². The number of carbonyl (C=O) groups is 1. The number of nitrogens with one attached hydrogen (secondary N) is 1. The van der Waals surface area contributed by atoms with Crippen LogP contribution in [-0.4, -0.2) is 39.8 Å². The molecule has 3 N–H and O–H groups in total. The van der Waals surface area contributed by atoms with Gasteiger partial charge < -0.3 is 24.7 Å². The zero-order valence-electron chi connectivity index (χ0n) is 15.7. The number of hydrogen-bond donors (Lipinski definition) is 2. The predicted molar refractivity (Wildman–Crippen MR) is 102 cm³/mol. The van der Waals surface area contributed by atoms with E-state index < -0.39 is 0 Å². The minimum absolute atomic E-state index is 0.0665. The third-order valence-corrected chi connectivity index (χ3v) is 3.57. The number of aliphatic imine (C=N–C) groups is 1. The summed E-state index contributed by atoms with van der Waals surface area (Å²) in [6, 6.07) is 9.96. The Morgan fingerprint density at radius 3 is 2.11 bits per heavy atom. The molecule has 2 rings (SSSR count). The summed E-state index contributed by atoms with van der Waals surface area (Å²) >= 11 is 0. The molecule has 8 heteroatoms. The lowest BCUT2D eigenvalue weighted by molar-refractivity contribution is 0.0976. The summed E-state index contributed by atoms with van der Waals surface area (Å²) in [5.41, 5.74) is 6.73. The normalized spacial score (nSPS) is 10.9. The highest BCUT2D eigenvalue weighted by atomic mass is 16.5. The van der Waals surface area contributed by atoms with E-state index in [1.165, 1.54) is 21.3 Å². The maximum atomic E-state index is 12.3. The Hall–Kier alpha value is -3.42. The number of methoxy groups -OCH3 is 3. The van der Waals surface area contributed by atoms with Gasteiger partial charge in [0.2, 0.25) is 11.7 Å². The second-order valence-corrected chi connectivity index (χ2v) is 5.29. The molecule has 0 radical (unpaired) electrons. The molecule has 0 aliphatic rings. The predicted octanol–water partition coefficient (Wildman–Crippen LogP) is 2.49. The first-order chi connectivity index (χ1) is 13.0. The summed E-state index contributed by atoms with van der Waals surface area (Å²) in [4.78, 5) is 16.5. The van der Waals surface area contributed by atoms with Gasteiger partial charge in [0.25, 0.3) is 5.91 Å². The van der Waals surface area contributed by atoms with Gasteiger partial charge in [0.05, 0.1) is 33.6 Å². The van der Waals surface area contributed by atoms with Crippen LogP contribution < -0.4 is 30.0 Å². The summed E-state index contributed by atoms with van der Waals surface area (Å²) in [6.45, 7) is 2.45. The molecule has 27 heavy (non-hydrogen) atoms. The maximum Gasteiger partial charge on any atom is 0.257 e. The molecule has 0 heterocycles. The molecular weight excluding hydrogens is 350 g/mol. The second-order valence-electron chi connectivity index (χ2n) is 5.29. The number of rotatable bonds is 7. The molecule has 8 nitrogen and oxygen atoms in total. The average molecular weight is 373 g/mol. The lowest BCUT2D eigenvalue weighted by Gasteiger charge is -2.13. The van der Waals surface area contributed by atoms with Crippen molar-refractivity contribution in [1.29, 1.82) is 0 Å². The van der Waals surface area contributed by atoms with Crippen LogP contribution in [0.5, 0.6) is 23.0 Å². The zero-order valence-corrected chi connectivity index (χ0v) is 15.7. The minimum atomic E-state index is -0.383. The van der Waals surface area contributed by atoms with Gasteiger partial charge in [-0.1, -0.05) is 0 Å². The standard InChI is InChI=1S/C19H23N3O5/c1-5-27-14-8-6-12(7-9-14)18(23)22-19(20)21-13-10-15(24-2)17(26-4)16(11-13)25-3/h6-11H,5H2,1-4H3,(H3,20,21,22,23). The monoisotopic (exact) mass is 373 g/mol. The number of guanidine groups is 1. The van der Waals surface area contributed by atoms with Crippen molar-refractivity contribution in [2.24, 2.45) is 10.7 Å². The number of ether oxygens (including phenoxy) is 4. The molecule has 0 aliphatic carbocycles. The van der Waals surface area contributed by atoms with Crippen LogP contribution in [0.15, 0.2) is 41.4 Å². The summed E-state index contributed by atoms with van der Waals surface area (Å²) in [7, 11) is 4.51. The Morgan fingerprint density at radius 2 is 1.63 bits per heavy atom. The van der Waals surface area contributed by atoms with Crippen LogP contribution >= 0.6 is 0 Å². The van der Waals surface area contributed by atoms with Crippen molar-refractivity contribution in [3.8, 4) is 23.0 Å². The topological polar surface area (TPSA) is 104 Å². The van der Waals surface area contributed by atoms with Crippen LogP contribution in [0.25, 0.3) is 0 Å². The summed E-state index contributed by atoms with van der Waals surface area (Å²) < 4.78 is 21.1. The van der Waals surface area contributed by atoms with E-state index in [0.29, 0.717) is 40.9 Å². The number of hydrogen-bond acceptors (Lipinski definition) is 6. The first-order valence-corrected chi connectivity index (χ1v) is 8.20. The lowest BCUT2D eigenvalue weighted by Crippen LogP contribution is -2.36. The molecule has 2 aromatic rings. The second kappa shape index (κ2) is 9.33. The fourth-order valence-electron chi connectivity index (χ4n) is 2.36. The van der Waals surface area contributed by atoms with Crippen LogP contribution in [0.3, 0.4) is 0 Å².